The van der Waals surface area contributed by atoms with Gasteiger partial charge >= 0.3 is 0 Å². The van der Waals surface area contributed by atoms with Crippen LogP contribution >= 0.6 is 0 Å². The molecule has 0 aliphatic rings. The largest absolute Gasteiger partial charge is 0.348 e. The van der Waals surface area contributed by atoms with Gasteiger partial charge in [0, 0.05) is 12.6 Å². The Kier molecular flexibility index (Phi) is 5.36. The van der Waals surface area contributed by atoms with E-state index in [2.05, 4.69) is 10.6 Å². The first-order valence-electron chi connectivity index (χ1n) is 7.83. The molecule has 24 heavy (non-hydrogen) atoms. The Bertz CT molecular complexity index is 726. The van der Waals surface area contributed by atoms with Crippen LogP contribution < -0.4 is 16.4 Å². The van der Waals surface area contributed by atoms with Crippen LogP contribution in [0.4, 0.5) is 5.69 Å². The van der Waals surface area contributed by atoms with Gasteiger partial charge in [-0.1, -0.05) is 42.5 Å². The lowest BCUT2D eigenvalue weighted by Crippen LogP contribution is -2.49. The van der Waals surface area contributed by atoms with Crippen LogP contribution in [0.2, 0.25) is 0 Å². The van der Waals surface area contributed by atoms with Gasteiger partial charge in [0.05, 0.1) is 6.04 Å². The summed E-state index contributed by atoms with van der Waals surface area (Å²) in [6.45, 7) is 5.03. The Morgan fingerprint density at radius 3 is 2.38 bits per heavy atom. The van der Waals surface area contributed by atoms with Gasteiger partial charge in [-0.3, -0.25) is 9.59 Å². The van der Waals surface area contributed by atoms with E-state index in [1.165, 1.54) is 6.92 Å². The zero-order valence-corrected chi connectivity index (χ0v) is 14.2. The molecular weight excluding hydrogens is 302 g/mol. The molecular formula is C19H23N3O2. The molecule has 0 aliphatic carbocycles. The fourth-order valence-corrected chi connectivity index (χ4v) is 2.43. The van der Waals surface area contributed by atoms with Gasteiger partial charge in [-0.25, -0.2) is 0 Å². The Hall–Kier alpha value is -2.66. The third-order valence-electron chi connectivity index (χ3n) is 3.90. The highest BCUT2D eigenvalue weighted by Gasteiger charge is 2.31. The smallest absolute Gasteiger partial charge is 0.244 e. The van der Waals surface area contributed by atoms with Gasteiger partial charge in [0.25, 0.3) is 0 Å². The van der Waals surface area contributed by atoms with Gasteiger partial charge in [-0.2, -0.15) is 0 Å². The molecule has 5 heteroatoms. The van der Waals surface area contributed by atoms with E-state index >= 15 is 0 Å². The summed E-state index contributed by atoms with van der Waals surface area (Å²) < 4.78 is 0. The average molecular weight is 325 g/mol. The van der Waals surface area contributed by atoms with Crippen molar-refractivity contribution in [3.8, 4) is 0 Å². The second-order valence-corrected chi connectivity index (χ2v) is 6.07. The summed E-state index contributed by atoms with van der Waals surface area (Å²) in [5.74, 6) is -0.395. The Balaban J connectivity index is 2.13. The lowest BCUT2D eigenvalue weighted by Gasteiger charge is -2.26. The summed E-state index contributed by atoms with van der Waals surface area (Å²) in [5.41, 5.74) is 7.45. The topological polar surface area (TPSA) is 84.2 Å². The lowest BCUT2D eigenvalue weighted by atomic mass is 9.91. The number of carbonyl (C=O) groups is 2. The summed E-state index contributed by atoms with van der Waals surface area (Å²) in [4.78, 5) is 23.8. The average Bonchev–Trinajstić information content (AvgIpc) is 2.55. The molecule has 0 heterocycles. The Morgan fingerprint density at radius 1 is 1.08 bits per heavy atom. The van der Waals surface area contributed by atoms with Crippen molar-refractivity contribution in [3.05, 3.63) is 65.7 Å². The van der Waals surface area contributed by atoms with Crippen molar-refractivity contribution in [3.63, 3.8) is 0 Å². The van der Waals surface area contributed by atoms with Crippen LogP contribution in [0.25, 0.3) is 0 Å². The fraction of sp³-hybridized carbons (Fsp3) is 0.263. The van der Waals surface area contributed by atoms with Crippen molar-refractivity contribution in [2.75, 3.05) is 5.32 Å². The summed E-state index contributed by atoms with van der Waals surface area (Å²) in [5, 5.41) is 5.67. The summed E-state index contributed by atoms with van der Waals surface area (Å²) in [6.07, 6.45) is 0. The molecule has 2 aromatic rings. The van der Waals surface area contributed by atoms with E-state index in [-0.39, 0.29) is 17.9 Å². The molecule has 2 unspecified atom stereocenters. The monoisotopic (exact) mass is 325 g/mol. The van der Waals surface area contributed by atoms with E-state index < -0.39 is 5.54 Å². The number of hydrogen-bond acceptors (Lipinski definition) is 3. The predicted molar refractivity (Wildman–Crippen MR) is 95.3 cm³/mol. The third kappa shape index (κ3) is 4.20. The zero-order valence-electron chi connectivity index (χ0n) is 14.2. The highest BCUT2D eigenvalue weighted by molar-refractivity contribution is 5.89. The summed E-state index contributed by atoms with van der Waals surface area (Å²) >= 11 is 0. The molecule has 0 radical (unpaired) electrons. The molecule has 0 bridgehead atoms. The molecule has 2 atom stereocenters. The molecule has 2 amide bonds. The first-order valence-corrected chi connectivity index (χ1v) is 7.83. The van der Waals surface area contributed by atoms with E-state index in [0.29, 0.717) is 5.69 Å². The van der Waals surface area contributed by atoms with Gasteiger partial charge in [0.15, 0.2) is 0 Å². The van der Waals surface area contributed by atoms with Crippen molar-refractivity contribution in [2.45, 2.75) is 32.4 Å². The molecule has 0 saturated heterocycles. The highest BCUT2D eigenvalue weighted by Crippen LogP contribution is 2.21. The molecule has 2 aromatic carbocycles. The summed E-state index contributed by atoms with van der Waals surface area (Å²) in [6, 6.07) is 16.4. The predicted octanol–water partition coefficient (Wildman–Crippen LogP) is 2.70. The third-order valence-corrected chi connectivity index (χ3v) is 3.90. The number of rotatable bonds is 5. The maximum atomic E-state index is 12.6. The minimum atomic E-state index is -1.12. The SMILES string of the molecule is CC(=O)Nc1cccc(C(C)NC(=O)C(C)(N)c2ccccc2)c1. The molecule has 5 nitrogen and oxygen atoms in total. The first-order chi connectivity index (χ1) is 11.3. The number of anilines is 1. The number of amides is 2. The van der Waals surface area contributed by atoms with E-state index in [9.17, 15) is 9.59 Å². The van der Waals surface area contributed by atoms with Crippen molar-refractivity contribution in [2.24, 2.45) is 5.73 Å². The van der Waals surface area contributed by atoms with Crippen LogP contribution in [0, 0.1) is 0 Å². The summed E-state index contributed by atoms with van der Waals surface area (Å²) in [7, 11) is 0. The van der Waals surface area contributed by atoms with E-state index in [1.807, 2.05) is 55.5 Å². The van der Waals surface area contributed by atoms with Crippen LogP contribution in [0.15, 0.2) is 54.6 Å². The van der Waals surface area contributed by atoms with Crippen LogP contribution in [0.3, 0.4) is 0 Å². The number of carbonyl (C=O) groups excluding carboxylic acids is 2. The van der Waals surface area contributed by atoms with Crippen LogP contribution in [0.5, 0.6) is 0 Å². The molecule has 0 saturated carbocycles. The Morgan fingerprint density at radius 2 is 1.75 bits per heavy atom. The van der Waals surface area contributed by atoms with Gasteiger partial charge in [-0.05, 0) is 37.1 Å². The maximum Gasteiger partial charge on any atom is 0.244 e. The molecule has 0 spiro atoms. The Labute approximate surface area is 142 Å². The number of nitrogens with one attached hydrogen (secondary N) is 2. The molecule has 0 fully saturated rings. The lowest BCUT2D eigenvalue weighted by molar-refractivity contribution is -0.126. The van der Waals surface area contributed by atoms with E-state index in [4.69, 9.17) is 5.73 Å². The van der Waals surface area contributed by atoms with Crippen molar-refractivity contribution in [1.29, 1.82) is 0 Å². The minimum absolute atomic E-state index is 0.137. The van der Waals surface area contributed by atoms with E-state index in [1.54, 1.807) is 13.0 Å². The quantitative estimate of drug-likeness (QED) is 0.790. The molecule has 0 aliphatic heterocycles. The maximum absolute atomic E-state index is 12.6. The second kappa shape index (κ2) is 7.27. The standard InChI is InChI=1S/C19H23N3O2/c1-13(15-8-7-11-17(12-15)22-14(2)23)21-18(24)19(3,20)16-9-5-4-6-10-16/h4-13H,20H2,1-3H3,(H,21,24)(H,22,23). The number of benzene rings is 2. The van der Waals surface area contributed by atoms with Gasteiger partial charge in [0.1, 0.15) is 5.54 Å². The van der Waals surface area contributed by atoms with Crippen molar-refractivity contribution < 1.29 is 9.59 Å². The second-order valence-electron chi connectivity index (χ2n) is 6.07. The fourth-order valence-electron chi connectivity index (χ4n) is 2.43. The van der Waals surface area contributed by atoms with Crippen LogP contribution in [0.1, 0.15) is 37.9 Å². The molecule has 4 N–H and O–H groups in total. The normalized spacial score (nSPS) is 14.3. The first kappa shape index (κ1) is 17.7. The highest BCUT2D eigenvalue weighted by atomic mass is 16.2. The van der Waals surface area contributed by atoms with Crippen LogP contribution in [-0.2, 0) is 15.1 Å². The molecule has 126 valence electrons. The van der Waals surface area contributed by atoms with Crippen LogP contribution in [-0.4, -0.2) is 11.8 Å². The number of hydrogen-bond donors (Lipinski definition) is 3. The zero-order chi connectivity index (χ0) is 17.7. The van der Waals surface area contributed by atoms with Gasteiger partial charge in [0.2, 0.25) is 11.8 Å². The van der Waals surface area contributed by atoms with E-state index in [0.717, 1.165) is 11.1 Å². The minimum Gasteiger partial charge on any atom is -0.348 e. The van der Waals surface area contributed by atoms with Gasteiger partial charge < -0.3 is 16.4 Å². The number of nitrogens with two attached hydrogens (primary N) is 1. The molecule has 2 rings (SSSR count). The van der Waals surface area contributed by atoms with Gasteiger partial charge in [-0.15, -0.1) is 0 Å². The molecule has 0 aromatic heterocycles. The van der Waals surface area contributed by atoms with Crippen molar-refractivity contribution >= 4 is 17.5 Å². The van der Waals surface area contributed by atoms with Crippen molar-refractivity contribution in [1.82, 2.24) is 5.32 Å².